The van der Waals surface area contributed by atoms with E-state index in [-0.39, 0.29) is 0 Å². The molecule has 0 saturated heterocycles. The number of hydrogen-bond acceptors (Lipinski definition) is 4. The SMILES string of the molecule is Cc1cccc(OCCOCCOCCOc2cccc(C)c2C)c1C. The molecule has 0 aliphatic heterocycles. The first-order valence-electron chi connectivity index (χ1n) is 9.13. The molecule has 4 heteroatoms. The van der Waals surface area contributed by atoms with Crippen molar-refractivity contribution >= 4 is 0 Å². The molecule has 0 N–H and O–H groups in total. The van der Waals surface area contributed by atoms with Gasteiger partial charge in [-0.2, -0.15) is 0 Å². The summed E-state index contributed by atoms with van der Waals surface area (Å²) in [6.45, 7) is 11.6. The quantitative estimate of drug-likeness (QED) is 0.558. The summed E-state index contributed by atoms with van der Waals surface area (Å²) in [5.41, 5.74) is 4.83. The van der Waals surface area contributed by atoms with Crippen molar-refractivity contribution in [2.45, 2.75) is 27.7 Å². The van der Waals surface area contributed by atoms with Crippen LogP contribution in [0.4, 0.5) is 0 Å². The fourth-order valence-electron chi connectivity index (χ4n) is 2.50. The average Bonchev–Trinajstić information content (AvgIpc) is 2.63. The minimum atomic E-state index is 0.542. The maximum Gasteiger partial charge on any atom is 0.122 e. The molecule has 2 aromatic carbocycles. The lowest BCUT2D eigenvalue weighted by molar-refractivity contribution is 0.0272. The van der Waals surface area contributed by atoms with E-state index in [4.69, 9.17) is 18.9 Å². The van der Waals surface area contributed by atoms with Crippen molar-refractivity contribution in [2.24, 2.45) is 0 Å². The molecule has 142 valence electrons. The van der Waals surface area contributed by atoms with Crippen molar-refractivity contribution in [1.29, 1.82) is 0 Å². The summed E-state index contributed by atoms with van der Waals surface area (Å²) in [6, 6.07) is 12.2. The summed E-state index contributed by atoms with van der Waals surface area (Å²) >= 11 is 0. The second-order valence-electron chi connectivity index (χ2n) is 6.32. The van der Waals surface area contributed by atoms with E-state index in [0.29, 0.717) is 39.6 Å². The van der Waals surface area contributed by atoms with Crippen LogP contribution in [0.15, 0.2) is 36.4 Å². The molecular weight excluding hydrogens is 328 g/mol. The summed E-state index contributed by atoms with van der Waals surface area (Å²) in [5.74, 6) is 1.85. The Morgan fingerprint density at radius 2 is 0.923 bits per heavy atom. The van der Waals surface area contributed by atoms with Crippen molar-refractivity contribution < 1.29 is 18.9 Å². The van der Waals surface area contributed by atoms with Gasteiger partial charge in [0.2, 0.25) is 0 Å². The normalized spacial score (nSPS) is 10.8. The molecule has 0 aliphatic carbocycles. The van der Waals surface area contributed by atoms with E-state index in [9.17, 15) is 0 Å². The first kappa shape index (κ1) is 20.3. The number of rotatable bonds is 11. The van der Waals surface area contributed by atoms with Gasteiger partial charge in [-0.3, -0.25) is 0 Å². The van der Waals surface area contributed by atoms with E-state index in [2.05, 4.69) is 39.8 Å². The van der Waals surface area contributed by atoms with Gasteiger partial charge in [-0.25, -0.2) is 0 Å². The van der Waals surface area contributed by atoms with Crippen LogP contribution in [0.5, 0.6) is 11.5 Å². The lowest BCUT2D eigenvalue weighted by atomic mass is 10.1. The Kier molecular flexibility index (Phi) is 8.45. The maximum atomic E-state index is 5.75. The van der Waals surface area contributed by atoms with Gasteiger partial charge in [-0.1, -0.05) is 24.3 Å². The molecule has 0 bridgehead atoms. The molecule has 4 nitrogen and oxygen atoms in total. The summed E-state index contributed by atoms with van der Waals surface area (Å²) in [5, 5.41) is 0. The highest BCUT2D eigenvalue weighted by molar-refractivity contribution is 5.38. The third kappa shape index (κ3) is 6.36. The molecule has 0 amide bonds. The van der Waals surface area contributed by atoms with E-state index in [1.807, 2.05) is 24.3 Å². The van der Waals surface area contributed by atoms with Crippen molar-refractivity contribution in [3.8, 4) is 11.5 Å². The predicted octanol–water partition coefficient (Wildman–Crippen LogP) is 4.41. The van der Waals surface area contributed by atoms with Crippen LogP contribution in [-0.2, 0) is 9.47 Å². The lowest BCUT2D eigenvalue weighted by Gasteiger charge is -2.12. The van der Waals surface area contributed by atoms with Gasteiger partial charge >= 0.3 is 0 Å². The third-order valence-corrected chi connectivity index (χ3v) is 4.45. The highest BCUT2D eigenvalue weighted by Crippen LogP contribution is 2.21. The first-order chi connectivity index (χ1) is 12.6. The third-order valence-electron chi connectivity index (χ3n) is 4.45. The Morgan fingerprint density at radius 1 is 0.538 bits per heavy atom. The Morgan fingerprint density at radius 3 is 1.35 bits per heavy atom. The van der Waals surface area contributed by atoms with E-state index < -0.39 is 0 Å². The molecule has 0 fully saturated rings. The van der Waals surface area contributed by atoms with Gasteiger partial charge in [0, 0.05) is 0 Å². The number of benzene rings is 2. The molecular formula is C22H30O4. The zero-order chi connectivity index (χ0) is 18.8. The monoisotopic (exact) mass is 358 g/mol. The number of aryl methyl sites for hydroxylation is 2. The standard InChI is InChI=1S/C22H30O4/c1-17-7-5-9-21(19(17)3)25-15-13-23-11-12-24-14-16-26-22-10-6-8-18(2)20(22)4/h5-10H,11-16H2,1-4H3. The van der Waals surface area contributed by atoms with Crippen LogP contribution in [0.3, 0.4) is 0 Å². The van der Waals surface area contributed by atoms with E-state index in [1.165, 1.54) is 22.3 Å². The summed E-state index contributed by atoms with van der Waals surface area (Å²) in [6.07, 6.45) is 0. The smallest absolute Gasteiger partial charge is 0.122 e. The molecule has 0 radical (unpaired) electrons. The molecule has 0 aliphatic rings. The van der Waals surface area contributed by atoms with Crippen LogP contribution in [0.1, 0.15) is 22.3 Å². The van der Waals surface area contributed by atoms with Crippen LogP contribution in [-0.4, -0.2) is 39.6 Å². The van der Waals surface area contributed by atoms with Crippen molar-refractivity contribution in [3.63, 3.8) is 0 Å². The molecule has 0 unspecified atom stereocenters. The highest BCUT2D eigenvalue weighted by atomic mass is 16.6. The molecule has 0 aromatic heterocycles. The second-order valence-corrected chi connectivity index (χ2v) is 6.32. The van der Waals surface area contributed by atoms with Gasteiger partial charge in [0.1, 0.15) is 24.7 Å². The Hall–Kier alpha value is -2.04. The van der Waals surface area contributed by atoms with Gasteiger partial charge in [-0.15, -0.1) is 0 Å². The maximum absolute atomic E-state index is 5.75. The lowest BCUT2D eigenvalue weighted by Crippen LogP contribution is -2.14. The average molecular weight is 358 g/mol. The van der Waals surface area contributed by atoms with Crippen LogP contribution in [0.2, 0.25) is 0 Å². The molecule has 0 heterocycles. The van der Waals surface area contributed by atoms with E-state index in [0.717, 1.165) is 11.5 Å². The van der Waals surface area contributed by atoms with Gasteiger partial charge in [0.25, 0.3) is 0 Å². The summed E-state index contributed by atoms with van der Waals surface area (Å²) < 4.78 is 22.6. The van der Waals surface area contributed by atoms with Gasteiger partial charge in [0.05, 0.1) is 26.4 Å². The topological polar surface area (TPSA) is 36.9 Å². The molecule has 0 spiro atoms. The summed E-state index contributed by atoms with van der Waals surface area (Å²) in [4.78, 5) is 0. The molecule has 26 heavy (non-hydrogen) atoms. The zero-order valence-electron chi connectivity index (χ0n) is 16.3. The first-order valence-corrected chi connectivity index (χ1v) is 9.13. The van der Waals surface area contributed by atoms with Gasteiger partial charge in [-0.05, 0) is 62.1 Å². The van der Waals surface area contributed by atoms with Crippen LogP contribution in [0.25, 0.3) is 0 Å². The minimum Gasteiger partial charge on any atom is -0.491 e. The Bertz CT molecular complexity index is 622. The van der Waals surface area contributed by atoms with Crippen molar-refractivity contribution in [2.75, 3.05) is 39.6 Å². The molecule has 0 atom stereocenters. The Balaban J connectivity index is 1.48. The fourth-order valence-corrected chi connectivity index (χ4v) is 2.50. The van der Waals surface area contributed by atoms with Crippen LogP contribution in [0, 0.1) is 27.7 Å². The molecule has 2 aromatic rings. The van der Waals surface area contributed by atoms with Crippen molar-refractivity contribution in [1.82, 2.24) is 0 Å². The molecule has 2 rings (SSSR count). The Labute approximate surface area is 157 Å². The highest BCUT2D eigenvalue weighted by Gasteiger charge is 2.02. The largest absolute Gasteiger partial charge is 0.491 e. The fraction of sp³-hybridized carbons (Fsp3) is 0.455. The molecule has 0 saturated carbocycles. The predicted molar refractivity (Wildman–Crippen MR) is 104 cm³/mol. The van der Waals surface area contributed by atoms with E-state index >= 15 is 0 Å². The van der Waals surface area contributed by atoms with Gasteiger partial charge < -0.3 is 18.9 Å². The second kappa shape index (κ2) is 10.8. The van der Waals surface area contributed by atoms with Crippen LogP contribution < -0.4 is 9.47 Å². The number of ether oxygens (including phenoxy) is 4. The summed E-state index contributed by atoms with van der Waals surface area (Å²) in [7, 11) is 0. The van der Waals surface area contributed by atoms with Crippen LogP contribution >= 0.6 is 0 Å². The van der Waals surface area contributed by atoms with E-state index in [1.54, 1.807) is 0 Å². The van der Waals surface area contributed by atoms with Gasteiger partial charge in [0.15, 0.2) is 0 Å². The zero-order valence-corrected chi connectivity index (χ0v) is 16.3. The van der Waals surface area contributed by atoms with Crippen molar-refractivity contribution in [3.05, 3.63) is 58.7 Å². The number of hydrogen-bond donors (Lipinski definition) is 0. The minimum absolute atomic E-state index is 0.542.